The van der Waals surface area contributed by atoms with Crippen LogP contribution in [0.4, 0.5) is 0 Å². The Labute approximate surface area is 136 Å². The maximum atomic E-state index is 4.51. The van der Waals surface area contributed by atoms with Gasteiger partial charge in [0.05, 0.1) is 0 Å². The number of hydrogen-bond donors (Lipinski definition) is 0. The summed E-state index contributed by atoms with van der Waals surface area (Å²) in [5.74, 6) is 0. The topological polar surface area (TPSA) is 3.24 Å². The molecule has 1 fully saturated rings. The molecule has 0 aromatic carbocycles. The number of halogens is 1. The van der Waals surface area contributed by atoms with E-state index >= 15 is 0 Å². The van der Waals surface area contributed by atoms with Crippen molar-refractivity contribution in [1.29, 1.82) is 0 Å². The summed E-state index contributed by atoms with van der Waals surface area (Å²) >= 11 is 4.51. The summed E-state index contributed by atoms with van der Waals surface area (Å²) < 4.78 is 2.97. The summed E-state index contributed by atoms with van der Waals surface area (Å²) in [6, 6.07) is 0. The van der Waals surface area contributed by atoms with Crippen LogP contribution in [0.3, 0.4) is 0 Å². The average molecular weight is 366 g/mol. The summed E-state index contributed by atoms with van der Waals surface area (Å²) in [5, 5.41) is 0. The fourth-order valence-electron chi connectivity index (χ4n) is 3.67. The van der Waals surface area contributed by atoms with Gasteiger partial charge in [0.1, 0.15) is 0 Å². The molecule has 1 saturated heterocycles. The molecule has 1 heterocycles. The Hall–Kier alpha value is 0.870. The van der Waals surface area contributed by atoms with Crippen molar-refractivity contribution in [3.8, 4) is 0 Å². The predicted octanol–water partition coefficient (Wildman–Crippen LogP) is 6.65. The van der Waals surface area contributed by atoms with Crippen molar-refractivity contribution in [2.24, 2.45) is 0 Å². The summed E-state index contributed by atoms with van der Waals surface area (Å²) in [5.41, 5.74) is -1.80. The third-order valence-electron chi connectivity index (χ3n) is 5.08. The van der Waals surface area contributed by atoms with E-state index in [4.69, 9.17) is 0 Å². The molecule has 122 valence electrons. The first kappa shape index (κ1) is 18.9. The van der Waals surface area contributed by atoms with Crippen molar-refractivity contribution in [3.63, 3.8) is 0 Å². The zero-order valence-electron chi connectivity index (χ0n) is 14.2. The number of unbranched alkanes of at least 4 members (excludes halogenated alkanes) is 3. The zero-order valence-corrected chi connectivity index (χ0v) is 16.7. The average Bonchev–Trinajstić information content (AvgIpc) is 2.50. The first-order valence-corrected chi connectivity index (χ1v) is 13.8. The molecule has 1 rings (SSSR count). The molecule has 0 spiro atoms. The minimum absolute atomic E-state index is 1.34. The van der Waals surface area contributed by atoms with Gasteiger partial charge in [-0.2, -0.15) is 0 Å². The van der Waals surface area contributed by atoms with E-state index in [0.717, 1.165) is 0 Å². The van der Waals surface area contributed by atoms with Gasteiger partial charge in [0, 0.05) is 0 Å². The van der Waals surface area contributed by atoms with Crippen LogP contribution in [0, 0.1) is 0 Å². The second kappa shape index (κ2) is 9.11. The van der Waals surface area contributed by atoms with Crippen LogP contribution in [0.5, 0.6) is 0 Å². The van der Waals surface area contributed by atoms with E-state index in [-0.39, 0.29) is 0 Å². The zero-order chi connectivity index (χ0) is 14.9. The molecule has 0 atom stereocenters. The number of hydrogen-bond acceptors (Lipinski definition) is 1. The maximum absolute atomic E-state index is 4.51. The summed E-state index contributed by atoms with van der Waals surface area (Å²) in [6.07, 6.45) is 16.9. The Morgan fingerprint density at radius 2 is 1.15 bits per heavy atom. The predicted molar refractivity (Wildman–Crippen MR) is 101 cm³/mol. The molecule has 0 radical (unpaired) electrons. The Balaban J connectivity index is 2.94. The van der Waals surface area contributed by atoms with Gasteiger partial charge in [-0.25, -0.2) is 0 Å². The van der Waals surface area contributed by atoms with Crippen LogP contribution in [0.25, 0.3) is 0 Å². The van der Waals surface area contributed by atoms with Crippen molar-refractivity contribution in [3.05, 3.63) is 0 Å². The number of piperidine rings is 1. The summed E-state index contributed by atoms with van der Waals surface area (Å²) in [6.45, 7) is 9.78. The van der Waals surface area contributed by atoms with E-state index in [2.05, 4.69) is 40.9 Å². The van der Waals surface area contributed by atoms with Gasteiger partial charge in [0.25, 0.3) is 0 Å². The first-order valence-electron chi connectivity index (χ1n) is 9.07. The van der Waals surface area contributed by atoms with Gasteiger partial charge in [-0.1, -0.05) is 0 Å². The van der Waals surface area contributed by atoms with Crippen molar-refractivity contribution >= 4 is 20.9 Å². The molecule has 0 aliphatic carbocycles. The molecule has 1 nitrogen and oxygen atoms in total. The first-order chi connectivity index (χ1) is 9.59. The van der Waals surface area contributed by atoms with Crippen molar-refractivity contribution < 1.29 is 0 Å². The number of nitrogens with zero attached hydrogens (tertiary/aromatic N) is 1. The van der Waals surface area contributed by atoms with Gasteiger partial charge >= 0.3 is 136 Å². The molecular formula is C17H37BrNP. The fourth-order valence-corrected chi connectivity index (χ4v) is 12.8. The van der Waals surface area contributed by atoms with Crippen LogP contribution >= 0.6 is 20.9 Å². The van der Waals surface area contributed by atoms with Crippen LogP contribution < -0.4 is 0 Å². The fraction of sp³-hybridized carbons (Fsp3) is 1.00. The monoisotopic (exact) mass is 365 g/mol. The van der Waals surface area contributed by atoms with Crippen LogP contribution in [0.2, 0.25) is 0 Å². The molecule has 0 saturated carbocycles. The van der Waals surface area contributed by atoms with Crippen molar-refractivity contribution in [2.75, 3.05) is 31.6 Å². The molecule has 0 aromatic rings. The van der Waals surface area contributed by atoms with Crippen LogP contribution in [-0.2, 0) is 0 Å². The van der Waals surface area contributed by atoms with E-state index in [1.54, 1.807) is 0 Å². The standard InChI is InChI=1S/C17H37BrNP/c1-4-7-15-20(18,16-8-5-2,17-9-6-3)19-13-11-10-12-14-19/h4-17H2,1-3H3. The van der Waals surface area contributed by atoms with Gasteiger partial charge < -0.3 is 0 Å². The van der Waals surface area contributed by atoms with E-state index in [1.165, 1.54) is 89.4 Å². The van der Waals surface area contributed by atoms with Crippen LogP contribution in [-0.4, -0.2) is 36.2 Å². The minimum atomic E-state index is -1.80. The van der Waals surface area contributed by atoms with E-state index in [0.29, 0.717) is 0 Å². The summed E-state index contributed by atoms with van der Waals surface area (Å²) in [4.78, 5) is 0. The SMILES string of the molecule is CCCCP(Br)(CCCC)(CCCC)N1CCCCC1. The summed E-state index contributed by atoms with van der Waals surface area (Å²) in [7, 11) is 0. The Morgan fingerprint density at radius 1 is 0.750 bits per heavy atom. The van der Waals surface area contributed by atoms with Crippen molar-refractivity contribution in [2.45, 2.75) is 78.6 Å². The van der Waals surface area contributed by atoms with Crippen molar-refractivity contribution in [1.82, 2.24) is 4.67 Å². The quantitative estimate of drug-likeness (QED) is 0.391. The molecular weight excluding hydrogens is 329 g/mol. The molecule has 0 unspecified atom stereocenters. The van der Waals surface area contributed by atoms with Gasteiger partial charge in [0.15, 0.2) is 0 Å². The number of rotatable bonds is 10. The Morgan fingerprint density at radius 3 is 1.50 bits per heavy atom. The van der Waals surface area contributed by atoms with Gasteiger partial charge in [-0.3, -0.25) is 0 Å². The molecule has 20 heavy (non-hydrogen) atoms. The normalized spacial score (nSPS) is 19.7. The van der Waals surface area contributed by atoms with E-state index < -0.39 is 5.46 Å². The van der Waals surface area contributed by atoms with Gasteiger partial charge in [-0.05, 0) is 0 Å². The Kier molecular flexibility index (Phi) is 8.62. The molecule has 0 amide bonds. The molecule has 3 heteroatoms. The van der Waals surface area contributed by atoms with E-state index in [1.807, 2.05) is 0 Å². The second-order valence-electron chi connectivity index (χ2n) is 6.78. The molecule has 1 aliphatic heterocycles. The Bertz CT molecular complexity index is 239. The molecule has 1 aliphatic rings. The van der Waals surface area contributed by atoms with Gasteiger partial charge in [0.2, 0.25) is 0 Å². The molecule has 0 bridgehead atoms. The van der Waals surface area contributed by atoms with Crippen LogP contribution in [0.1, 0.15) is 78.6 Å². The van der Waals surface area contributed by atoms with Crippen LogP contribution in [0.15, 0.2) is 0 Å². The van der Waals surface area contributed by atoms with Gasteiger partial charge in [-0.15, -0.1) is 0 Å². The van der Waals surface area contributed by atoms with E-state index in [9.17, 15) is 0 Å². The second-order valence-corrected chi connectivity index (χ2v) is 17.2. The third-order valence-corrected chi connectivity index (χ3v) is 15.4. The molecule has 0 aromatic heterocycles. The molecule has 0 N–H and O–H groups in total. The third kappa shape index (κ3) is 4.96.